The van der Waals surface area contributed by atoms with E-state index < -0.39 is 18.3 Å². The Balaban J connectivity index is 2.08. The first kappa shape index (κ1) is 23.2. The molecule has 2 atom stereocenters. The fourth-order valence-electron chi connectivity index (χ4n) is 4.08. The Labute approximate surface area is 191 Å². The second-order valence-corrected chi connectivity index (χ2v) is 9.07. The molecule has 1 unspecified atom stereocenters. The maximum absolute atomic E-state index is 12.7. The third kappa shape index (κ3) is 5.60. The molecule has 3 rings (SSSR count). The number of hydrogen-bond acceptors (Lipinski definition) is 5. The molecule has 2 heterocycles. The standard InChI is InChI=1S/C22H26Cl2N4O3/c1-13(2)7-17-11-27(20(29)9-21(30)31)12-19(14-3-5-15(23)6-4-14)28(17)22-18(25)8-16(24)10-26-22/h3-6,8,10,13,17,19H,7,9,11-12,25H2,1-2H3,(H,30,31)/t17-,19?/m0/s1. The molecule has 166 valence electrons. The Hall–Kier alpha value is -2.51. The first-order valence-corrected chi connectivity index (χ1v) is 10.9. The molecular formula is C22H26Cl2N4O3. The van der Waals surface area contributed by atoms with Gasteiger partial charge in [-0.2, -0.15) is 0 Å². The van der Waals surface area contributed by atoms with E-state index in [4.69, 9.17) is 34.0 Å². The SMILES string of the molecule is CC(C)C[C@H]1CN(C(=O)CC(=O)O)CC(c2ccc(Cl)cc2)N1c1ncc(Cl)cc1N. The maximum Gasteiger partial charge on any atom is 0.312 e. The summed E-state index contributed by atoms with van der Waals surface area (Å²) in [6, 6.07) is 8.68. The second-order valence-electron chi connectivity index (χ2n) is 8.19. The number of rotatable bonds is 6. The fraction of sp³-hybridized carbons (Fsp3) is 0.409. The molecule has 1 fully saturated rings. The summed E-state index contributed by atoms with van der Waals surface area (Å²) in [6.07, 6.45) is 1.79. The average molecular weight is 465 g/mol. The number of nitrogen functional groups attached to an aromatic ring is 1. The van der Waals surface area contributed by atoms with Crippen molar-refractivity contribution in [1.29, 1.82) is 0 Å². The number of piperazine rings is 1. The van der Waals surface area contributed by atoms with Crippen molar-refractivity contribution >= 4 is 46.6 Å². The number of pyridine rings is 1. The van der Waals surface area contributed by atoms with Crippen LogP contribution >= 0.6 is 23.2 Å². The van der Waals surface area contributed by atoms with E-state index >= 15 is 0 Å². The molecule has 9 heteroatoms. The third-order valence-corrected chi connectivity index (χ3v) is 5.77. The van der Waals surface area contributed by atoms with E-state index in [9.17, 15) is 9.59 Å². The van der Waals surface area contributed by atoms with E-state index in [1.54, 1.807) is 29.3 Å². The van der Waals surface area contributed by atoms with Gasteiger partial charge in [-0.1, -0.05) is 49.2 Å². The number of nitrogens with two attached hydrogens (primary N) is 1. The summed E-state index contributed by atoms with van der Waals surface area (Å²) in [6.45, 7) is 4.91. The minimum absolute atomic E-state index is 0.108. The lowest BCUT2D eigenvalue weighted by Gasteiger charge is -2.48. The Morgan fingerprint density at radius 1 is 1.19 bits per heavy atom. The molecule has 1 aliphatic heterocycles. The van der Waals surface area contributed by atoms with Crippen LogP contribution in [0.25, 0.3) is 0 Å². The van der Waals surface area contributed by atoms with Crippen molar-refractivity contribution in [1.82, 2.24) is 9.88 Å². The largest absolute Gasteiger partial charge is 0.481 e. The van der Waals surface area contributed by atoms with Gasteiger partial charge in [0.1, 0.15) is 6.42 Å². The van der Waals surface area contributed by atoms with Crippen LogP contribution in [0.15, 0.2) is 36.5 Å². The minimum atomic E-state index is -1.14. The number of aromatic nitrogens is 1. The van der Waals surface area contributed by atoms with Crippen LogP contribution in [0, 0.1) is 5.92 Å². The van der Waals surface area contributed by atoms with Gasteiger partial charge in [0.25, 0.3) is 0 Å². The molecule has 0 aliphatic carbocycles. The Morgan fingerprint density at radius 2 is 1.87 bits per heavy atom. The van der Waals surface area contributed by atoms with E-state index in [0.29, 0.717) is 40.6 Å². The van der Waals surface area contributed by atoms with E-state index in [1.165, 1.54) is 0 Å². The summed E-state index contributed by atoms with van der Waals surface area (Å²) < 4.78 is 0. The smallest absolute Gasteiger partial charge is 0.312 e. The third-order valence-electron chi connectivity index (χ3n) is 5.31. The molecule has 0 radical (unpaired) electrons. The first-order chi connectivity index (χ1) is 14.7. The summed E-state index contributed by atoms with van der Waals surface area (Å²) >= 11 is 12.2. The number of halogens is 2. The summed E-state index contributed by atoms with van der Waals surface area (Å²) in [7, 11) is 0. The van der Waals surface area contributed by atoms with Crippen molar-refractivity contribution in [2.75, 3.05) is 23.7 Å². The van der Waals surface area contributed by atoms with Gasteiger partial charge in [0, 0.05) is 30.4 Å². The predicted octanol–water partition coefficient (Wildman–Crippen LogP) is 4.25. The molecule has 1 aliphatic rings. The Bertz CT molecular complexity index is 952. The van der Waals surface area contributed by atoms with Crippen molar-refractivity contribution in [3.05, 3.63) is 52.1 Å². The van der Waals surface area contributed by atoms with Crippen molar-refractivity contribution in [2.45, 2.75) is 38.8 Å². The van der Waals surface area contributed by atoms with Gasteiger partial charge in [-0.15, -0.1) is 0 Å². The monoisotopic (exact) mass is 464 g/mol. The van der Waals surface area contributed by atoms with Crippen LogP contribution < -0.4 is 10.6 Å². The van der Waals surface area contributed by atoms with Crippen LogP contribution in [0.2, 0.25) is 10.0 Å². The molecule has 1 saturated heterocycles. The normalized spacial score (nSPS) is 19.0. The van der Waals surface area contributed by atoms with E-state index in [0.717, 1.165) is 12.0 Å². The summed E-state index contributed by atoms with van der Waals surface area (Å²) in [5.41, 5.74) is 7.68. The number of carboxylic acids is 1. The van der Waals surface area contributed by atoms with Crippen molar-refractivity contribution < 1.29 is 14.7 Å². The minimum Gasteiger partial charge on any atom is -0.481 e. The van der Waals surface area contributed by atoms with Crippen molar-refractivity contribution in [2.24, 2.45) is 5.92 Å². The van der Waals surface area contributed by atoms with Gasteiger partial charge in [0.15, 0.2) is 5.82 Å². The van der Waals surface area contributed by atoms with Gasteiger partial charge in [0.2, 0.25) is 5.91 Å². The molecule has 1 aromatic heterocycles. The molecule has 1 aromatic carbocycles. The zero-order valence-corrected chi connectivity index (χ0v) is 19.0. The number of carbonyl (C=O) groups excluding carboxylic acids is 1. The lowest BCUT2D eigenvalue weighted by atomic mass is 9.93. The molecule has 0 spiro atoms. The highest BCUT2D eigenvalue weighted by Gasteiger charge is 2.39. The molecule has 7 nitrogen and oxygen atoms in total. The van der Waals surface area contributed by atoms with Crippen molar-refractivity contribution in [3.8, 4) is 0 Å². The number of carboxylic acid groups (broad SMARTS) is 1. The molecule has 31 heavy (non-hydrogen) atoms. The Kier molecular flexibility index (Phi) is 7.28. The molecule has 0 bridgehead atoms. The van der Waals surface area contributed by atoms with Gasteiger partial charge >= 0.3 is 5.97 Å². The quantitative estimate of drug-likeness (QED) is 0.619. The number of hydrogen-bond donors (Lipinski definition) is 2. The second kappa shape index (κ2) is 9.75. The van der Waals surface area contributed by atoms with Crippen LogP contribution in [0.3, 0.4) is 0 Å². The van der Waals surface area contributed by atoms with Gasteiger partial charge in [-0.25, -0.2) is 4.98 Å². The van der Waals surface area contributed by atoms with E-state index in [2.05, 4.69) is 23.7 Å². The number of amides is 1. The van der Waals surface area contributed by atoms with Gasteiger partial charge in [-0.05, 0) is 36.1 Å². The number of benzene rings is 1. The lowest BCUT2D eigenvalue weighted by molar-refractivity contribution is -0.144. The highest BCUT2D eigenvalue weighted by atomic mass is 35.5. The lowest BCUT2D eigenvalue weighted by Crippen LogP contribution is -2.57. The van der Waals surface area contributed by atoms with Gasteiger partial charge in [-0.3, -0.25) is 9.59 Å². The van der Waals surface area contributed by atoms with E-state index in [1.807, 2.05) is 12.1 Å². The Morgan fingerprint density at radius 3 is 2.45 bits per heavy atom. The van der Waals surface area contributed by atoms with Crippen LogP contribution in [0.4, 0.5) is 11.5 Å². The summed E-state index contributed by atoms with van der Waals surface area (Å²) in [5, 5.41) is 10.2. The van der Waals surface area contributed by atoms with Gasteiger partial charge in [0.05, 0.1) is 16.8 Å². The zero-order chi connectivity index (χ0) is 22.7. The number of nitrogens with zero attached hydrogens (tertiary/aromatic N) is 3. The predicted molar refractivity (Wildman–Crippen MR) is 122 cm³/mol. The number of aliphatic carboxylic acids is 1. The molecule has 2 aromatic rings. The highest BCUT2D eigenvalue weighted by Crippen LogP contribution is 2.38. The van der Waals surface area contributed by atoms with Gasteiger partial charge < -0.3 is 20.6 Å². The zero-order valence-electron chi connectivity index (χ0n) is 17.5. The first-order valence-electron chi connectivity index (χ1n) is 10.1. The molecular weight excluding hydrogens is 439 g/mol. The number of anilines is 2. The highest BCUT2D eigenvalue weighted by molar-refractivity contribution is 6.31. The number of carbonyl (C=O) groups is 2. The van der Waals surface area contributed by atoms with Crippen LogP contribution in [-0.2, 0) is 9.59 Å². The van der Waals surface area contributed by atoms with Crippen LogP contribution in [-0.4, -0.2) is 46.0 Å². The van der Waals surface area contributed by atoms with Crippen LogP contribution in [0.1, 0.15) is 38.3 Å². The fourth-order valence-corrected chi connectivity index (χ4v) is 4.37. The average Bonchev–Trinajstić information content (AvgIpc) is 2.68. The molecule has 3 N–H and O–H groups in total. The molecule has 1 amide bonds. The topological polar surface area (TPSA) is 99.8 Å². The van der Waals surface area contributed by atoms with Crippen LogP contribution in [0.5, 0.6) is 0 Å². The van der Waals surface area contributed by atoms with E-state index in [-0.39, 0.29) is 12.1 Å². The summed E-state index contributed by atoms with van der Waals surface area (Å²) in [4.78, 5) is 32.1. The summed E-state index contributed by atoms with van der Waals surface area (Å²) in [5.74, 6) is -0.613. The maximum atomic E-state index is 12.7. The molecule has 0 saturated carbocycles. The van der Waals surface area contributed by atoms with Crippen molar-refractivity contribution in [3.63, 3.8) is 0 Å².